The minimum Gasteiger partial charge on any atom is -0.495 e. The first-order valence-corrected chi connectivity index (χ1v) is 4.25. The molecule has 0 aliphatic carbocycles. The fraction of sp³-hybridized carbons (Fsp3) is 0.333. The second kappa shape index (κ2) is 3.17. The highest BCUT2D eigenvalue weighted by Gasteiger charge is 2.20. The van der Waals surface area contributed by atoms with Gasteiger partial charge < -0.3 is 15.0 Å². The first-order valence-electron chi connectivity index (χ1n) is 4.25. The summed E-state index contributed by atoms with van der Waals surface area (Å²) in [7, 11) is 3.40. The van der Waals surface area contributed by atoms with E-state index in [1.807, 2.05) is 7.05 Å². The summed E-state index contributed by atoms with van der Waals surface area (Å²) in [4.78, 5) is 17.2. The number of carbonyl (C=O) groups is 1. The van der Waals surface area contributed by atoms with Crippen molar-refractivity contribution in [2.75, 3.05) is 30.9 Å². The molecule has 0 aromatic carbocycles. The van der Waals surface area contributed by atoms with E-state index < -0.39 is 0 Å². The van der Waals surface area contributed by atoms with Gasteiger partial charge in [-0.25, -0.2) is 4.98 Å². The van der Waals surface area contributed by atoms with Crippen molar-refractivity contribution < 1.29 is 9.53 Å². The molecule has 2 rings (SSSR count). The maximum Gasteiger partial charge on any atom is 0.244 e. The average molecular weight is 193 g/mol. The molecule has 0 atom stereocenters. The van der Waals surface area contributed by atoms with Crippen LogP contribution in [0.1, 0.15) is 0 Å². The van der Waals surface area contributed by atoms with Gasteiger partial charge in [0.05, 0.1) is 25.5 Å². The molecule has 14 heavy (non-hydrogen) atoms. The second-order valence-electron chi connectivity index (χ2n) is 3.15. The Morgan fingerprint density at radius 1 is 1.64 bits per heavy atom. The smallest absolute Gasteiger partial charge is 0.244 e. The van der Waals surface area contributed by atoms with Crippen molar-refractivity contribution >= 4 is 17.4 Å². The summed E-state index contributed by atoms with van der Waals surface area (Å²) in [5, 5.41) is 2.74. The number of carbonyl (C=O) groups excluding carboxylic acids is 1. The first kappa shape index (κ1) is 8.80. The standard InChI is InChI=1S/C9H11N3O2/c1-12-5-8(13)11-7-3-6(14-2)4-10-9(7)12/h3-4H,5H2,1-2H3,(H,11,13). The number of anilines is 2. The van der Waals surface area contributed by atoms with E-state index in [0.29, 0.717) is 18.0 Å². The van der Waals surface area contributed by atoms with Crippen LogP contribution in [0.15, 0.2) is 12.3 Å². The Kier molecular flexibility index (Phi) is 1.99. The lowest BCUT2D eigenvalue weighted by Gasteiger charge is -2.25. The second-order valence-corrected chi connectivity index (χ2v) is 3.15. The number of pyridine rings is 1. The van der Waals surface area contributed by atoms with Gasteiger partial charge in [-0.15, -0.1) is 0 Å². The van der Waals surface area contributed by atoms with Crippen LogP contribution in [-0.4, -0.2) is 31.6 Å². The number of amides is 1. The van der Waals surface area contributed by atoms with Crippen LogP contribution >= 0.6 is 0 Å². The van der Waals surface area contributed by atoms with Crippen molar-refractivity contribution in [3.05, 3.63) is 12.3 Å². The molecule has 74 valence electrons. The Labute approximate surface area is 81.7 Å². The van der Waals surface area contributed by atoms with Crippen molar-refractivity contribution in [1.82, 2.24) is 4.98 Å². The topological polar surface area (TPSA) is 54.5 Å². The molecule has 1 aliphatic rings. The molecular formula is C9H11N3O2. The zero-order valence-corrected chi connectivity index (χ0v) is 8.07. The third kappa shape index (κ3) is 1.37. The number of hydrogen-bond donors (Lipinski definition) is 1. The molecule has 2 heterocycles. The molecule has 5 nitrogen and oxygen atoms in total. The molecule has 0 bridgehead atoms. The minimum atomic E-state index is -0.0324. The summed E-state index contributed by atoms with van der Waals surface area (Å²) >= 11 is 0. The fourth-order valence-corrected chi connectivity index (χ4v) is 1.43. The predicted octanol–water partition coefficient (Wildman–Crippen LogP) is 0.478. The van der Waals surface area contributed by atoms with E-state index in [9.17, 15) is 4.79 Å². The van der Waals surface area contributed by atoms with Gasteiger partial charge in [0.25, 0.3) is 0 Å². The summed E-state index contributed by atoms with van der Waals surface area (Å²) < 4.78 is 5.02. The lowest BCUT2D eigenvalue weighted by atomic mass is 10.3. The van der Waals surface area contributed by atoms with Crippen LogP contribution in [-0.2, 0) is 4.79 Å². The SMILES string of the molecule is COc1cnc2c(c1)NC(=O)CN2C. The minimum absolute atomic E-state index is 0.0324. The Morgan fingerprint density at radius 2 is 2.43 bits per heavy atom. The van der Waals surface area contributed by atoms with E-state index in [1.165, 1.54) is 0 Å². The average Bonchev–Trinajstić information content (AvgIpc) is 2.16. The summed E-state index contributed by atoms with van der Waals surface area (Å²) in [6.07, 6.45) is 1.63. The van der Waals surface area contributed by atoms with Gasteiger partial charge in [-0.2, -0.15) is 0 Å². The van der Waals surface area contributed by atoms with Gasteiger partial charge in [0.2, 0.25) is 5.91 Å². The van der Waals surface area contributed by atoms with Crippen LogP contribution in [0, 0.1) is 0 Å². The molecule has 1 N–H and O–H groups in total. The van der Waals surface area contributed by atoms with Crippen LogP contribution in [0.2, 0.25) is 0 Å². The highest BCUT2D eigenvalue weighted by molar-refractivity contribution is 6.00. The van der Waals surface area contributed by atoms with Crippen molar-refractivity contribution in [3.63, 3.8) is 0 Å². The Morgan fingerprint density at radius 3 is 3.14 bits per heavy atom. The van der Waals surface area contributed by atoms with E-state index >= 15 is 0 Å². The molecule has 1 aromatic heterocycles. The first-order chi connectivity index (χ1) is 6.70. The lowest BCUT2D eigenvalue weighted by molar-refractivity contribution is -0.115. The third-order valence-corrected chi connectivity index (χ3v) is 2.09. The maximum atomic E-state index is 11.2. The molecule has 0 saturated carbocycles. The van der Waals surface area contributed by atoms with Gasteiger partial charge in [0, 0.05) is 13.1 Å². The van der Waals surface area contributed by atoms with Crippen LogP contribution in [0.25, 0.3) is 0 Å². The number of aromatic nitrogens is 1. The zero-order valence-electron chi connectivity index (χ0n) is 8.07. The van der Waals surface area contributed by atoms with E-state index in [0.717, 1.165) is 5.82 Å². The molecule has 0 radical (unpaired) electrons. The van der Waals surface area contributed by atoms with Crippen LogP contribution < -0.4 is 15.0 Å². The van der Waals surface area contributed by atoms with Crippen molar-refractivity contribution in [1.29, 1.82) is 0 Å². The highest BCUT2D eigenvalue weighted by atomic mass is 16.5. The maximum absolute atomic E-state index is 11.2. The van der Waals surface area contributed by atoms with Crippen molar-refractivity contribution in [3.8, 4) is 5.75 Å². The van der Waals surface area contributed by atoms with Crippen LogP contribution in [0.3, 0.4) is 0 Å². The molecule has 1 amide bonds. The quantitative estimate of drug-likeness (QED) is 0.704. The van der Waals surface area contributed by atoms with Gasteiger partial charge in [-0.1, -0.05) is 0 Å². The summed E-state index contributed by atoms with van der Waals surface area (Å²) in [6.45, 7) is 0.340. The van der Waals surface area contributed by atoms with Crippen molar-refractivity contribution in [2.45, 2.75) is 0 Å². The number of hydrogen-bond acceptors (Lipinski definition) is 4. The van der Waals surface area contributed by atoms with E-state index in [2.05, 4.69) is 10.3 Å². The van der Waals surface area contributed by atoms with Crippen LogP contribution in [0.4, 0.5) is 11.5 Å². The monoisotopic (exact) mass is 193 g/mol. The van der Waals surface area contributed by atoms with Gasteiger partial charge in [0.1, 0.15) is 5.75 Å². The van der Waals surface area contributed by atoms with Crippen LogP contribution in [0.5, 0.6) is 5.75 Å². The van der Waals surface area contributed by atoms with E-state index in [4.69, 9.17) is 4.74 Å². The number of nitrogens with zero attached hydrogens (tertiary/aromatic N) is 2. The van der Waals surface area contributed by atoms with E-state index in [-0.39, 0.29) is 5.91 Å². The zero-order chi connectivity index (χ0) is 10.1. The van der Waals surface area contributed by atoms with Crippen molar-refractivity contribution in [2.24, 2.45) is 0 Å². The third-order valence-electron chi connectivity index (χ3n) is 2.09. The molecule has 1 aliphatic heterocycles. The Hall–Kier alpha value is -1.78. The molecule has 0 spiro atoms. The Balaban J connectivity index is 2.43. The number of likely N-dealkylation sites (N-methyl/N-ethyl adjacent to an activating group) is 1. The molecule has 5 heteroatoms. The number of methoxy groups -OCH3 is 1. The van der Waals surface area contributed by atoms with Gasteiger partial charge in [-0.05, 0) is 0 Å². The van der Waals surface area contributed by atoms with Gasteiger partial charge in [-0.3, -0.25) is 4.79 Å². The Bertz CT molecular complexity index is 378. The molecule has 0 saturated heterocycles. The van der Waals surface area contributed by atoms with Gasteiger partial charge in [0.15, 0.2) is 5.82 Å². The summed E-state index contributed by atoms with van der Waals surface area (Å²) in [5.74, 6) is 1.37. The van der Waals surface area contributed by atoms with Gasteiger partial charge >= 0.3 is 0 Å². The number of ether oxygens (including phenoxy) is 1. The molecule has 0 unspecified atom stereocenters. The molecule has 1 aromatic rings. The number of fused-ring (bicyclic) bond motifs is 1. The lowest BCUT2D eigenvalue weighted by Crippen LogP contribution is -2.35. The number of nitrogens with one attached hydrogen (secondary N) is 1. The largest absolute Gasteiger partial charge is 0.495 e. The fourth-order valence-electron chi connectivity index (χ4n) is 1.43. The predicted molar refractivity (Wildman–Crippen MR) is 52.7 cm³/mol. The number of rotatable bonds is 1. The molecular weight excluding hydrogens is 182 g/mol. The normalized spacial score (nSPS) is 14.7. The molecule has 0 fully saturated rings. The summed E-state index contributed by atoms with van der Waals surface area (Å²) in [5.41, 5.74) is 0.697. The van der Waals surface area contributed by atoms with E-state index in [1.54, 1.807) is 24.3 Å². The highest BCUT2D eigenvalue weighted by Crippen LogP contribution is 2.28. The summed E-state index contributed by atoms with van der Waals surface area (Å²) in [6, 6.07) is 1.76.